The molecule has 7 heteroatoms. The second-order valence-corrected chi connectivity index (χ2v) is 7.24. The molecule has 138 valence electrons. The second kappa shape index (κ2) is 8.80. The SMILES string of the molecule is CN(CCCNC(=O)Cc1csc(N2CCCC2=O)n1)c1ccccc1. The summed E-state index contributed by atoms with van der Waals surface area (Å²) >= 11 is 1.43. The Hall–Kier alpha value is -2.41. The molecule has 1 saturated heterocycles. The zero-order chi connectivity index (χ0) is 18.4. The first kappa shape index (κ1) is 18.4. The molecule has 3 rings (SSSR count). The number of carbonyl (C=O) groups is 2. The van der Waals surface area contributed by atoms with Crippen molar-refractivity contribution < 1.29 is 9.59 Å². The van der Waals surface area contributed by atoms with Crippen molar-refractivity contribution in [1.82, 2.24) is 10.3 Å². The second-order valence-electron chi connectivity index (χ2n) is 6.41. The van der Waals surface area contributed by atoms with Crippen molar-refractivity contribution in [3.63, 3.8) is 0 Å². The van der Waals surface area contributed by atoms with Gasteiger partial charge < -0.3 is 10.2 Å². The van der Waals surface area contributed by atoms with Crippen LogP contribution in [0.3, 0.4) is 0 Å². The fourth-order valence-electron chi connectivity index (χ4n) is 2.93. The Balaban J connectivity index is 1.38. The molecule has 1 aromatic carbocycles. The van der Waals surface area contributed by atoms with Gasteiger partial charge in [0.15, 0.2) is 5.13 Å². The highest BCUT2D eigenvalue weighted by Gasteiger charge is 2.24. The molecule has 0 spiro atoms. The highest BCUT2D eigenvalue weighted by atomic mass is 32.1. The van der Waals surface area contributed by atoms with Crippen LogP contribution in [0.2, 0.25) is 0 Å². The van der Waals surface area contributed by atoms with Crippen molar-refractivity contribution >= 4 is 34.0 Å². The largest absolute Gasteiger partial charge is 0.375 e. The molecule has 1 N–H and O–H groups in total. The molecule has 0 aliphatic carbocycles. The summed E-state index contributed by atoms with van der Waals surface area (Å²) in [5.74, 6) is 0.0925. The maximum absolute atomic E-state index is 12.1. The van der Waals surface area contributed by atoms with E-state index in [1.165, 1.54) is 17.0 Å². The summed E-state index contributed by atoms with van der Waals surface area (Å²) in [6, 6.07) is 10.2. The van der Waals surface area contributed by atoms with Gasteiger partial charge in [-0.3, -0.25) is 14.5 Å². The summed E-state index contributed by atoms with van der Waals surface area (Å²) in [4.78, 5) is 32.1. The van der Waals surface area contributed by atoms with Gasteiger partial charge in [-0.15, -0.1) is 11.3 Å². The first-order valence-corrected chi connectivity index (χ1v) is 9.79. The number of nitrogens with zero attached hydrogens (tertiary/aromatic N) is 3. The summed E-state index contributed by atoms with van der Waals surface area (Å²) in [6.45, 7) is 2.24. The molecule has 1 aliphatic heterocycles. The van der Waals surface area contributed by atoms with Crippen LogP contribution in [0.25, 0.3) is 0 Å². The van der Waals surface area contributed by atoms with E-state index < -0.39 is 0 Å². The van der Waals surface area contributed by atoms with Crippen molar-refractivity contribution in [3.8, 4) is 0 Å². The summed E-state index contributed by atoms with van der Waals surface area (Å²) in [5.41, 5.74) is 1.90. The van der Waals surface area contributed by atoms with Crippen molar-refractivity contribution in [2.45, 2.75) is 25.7 Å². The van der Waals surface area contributed by atoms with Gasteiger partial charge in [0.05, 0.1) is 12.1 Å². The van der Waals surface area contributed by atoms with E-state index in [1.807, 2.05) is 30.6 Å². The molecular formula is C19H24N4O2S. The van der Waals surface area contributed by atoms with Crippen LogP contribution in [0.1, 0.15) is 25.0 Å². The molecule has 1 aliphatic rings. The monoisotopic (exact) mass is 372 g/mol. The van der Waals surface area contributed by atoms with E-state index in [-0.39, 0.29) is 18.2 Å². The Morgan fingerprint density at radius 1 is 1.35 bits per heavy atom. The molecular weight excluding hydrogens is 348 g/mol. The number of carbonyl (C=O) groups excluding carboxylic acids is 2. The molecule has 0 unspecified atom stereocenters. The van der Waals surface area contributed by atoms with Crippen LogP contribution in [0.15, 0.2) is 35.7 Å². The Kier molecular flexibility index (Phi) is 6.22. The molecule has 2 aromatic rings. The topological polar surface area (TPSA) is 65.5 Å². The molecule has 26 heavy (non-hydrogen) atoms. The van der Waals surface area contributed by atoms with Gasteiger partial charge in [0, 0.05) is 44.2 Å². The van der Waals surface area contributed by atoms with Crippen LogP contribution in [0.5, 0.6) is 0 Å². The zero-order valence-electron chi connectivity index (χ0n) is 15.0. The predicted molar refractivity (Wildman–Crippen MR) is 105 cm³/mol. The van der Waals surface area contributed by atoms with Gasteiger partial charge >= 0.3 is 0 Å². The molecule has 0 atom stereocenters. The lowest BCUT2D eigenvalue weighted by molar-refractivity contribution is -0.120. The summed E-state index contributed by atoms with van der Waals surface area (Å²) < 4.78 is 0. The van der Waals surface area contributed by atoms with Crippen molar-refractivity contribution in [3.05, 3.63) is 41.4 Å². The smallest absolute Gasteiger partial charge is 0.228 e. The van der Waals surface area contributed by atoms with Crippen LogP contribution in [0.4, 0.5) is 10.8 Å². The lowest BCUT2D eigenvalue weighted by Crippen LogP contribution is -2.29. The minimum Gasteiger partial charge on any atom is -0.375 e. The van der Waals surface area contributed by atoms with Gasteiger partial charge in [0.2, 0.25) is 11.8 Å². The maximum Gasteiger partial charge on any atom is 0.228 e. The van der Waals surface area contributed by atoms with Crippen LogP contribution < -0.4 is 15.1 Å². The van der Waals surface area contributed by atoms with Crippen LogP contribution in [0, 0.1) is 0 Å². The highest BCUT2D eigenvalue weighted by Crippen LogP contribution is 2.25. The van der Waals surface area contributed by atoms with Gasteiger partial charge in [-0.1, -0.05) is 18.2 Å². The quantitative estimate of drug-likeness (QED) is 0.723. The fourth-order valence-corrected chi connectivity index (χ4v) is 3.80. The normalized spacial score (nSPS) is 13.9. The van der Waals surface area contributed by atoms with E-state index in [1.54, 1.807) is 4.90 Å². The number of aromatic nitrogens is 1. The third-order valence-corrected chi connectivity index (χ3v) is 5.29. The lowest BCUT2D eigenvalue weighted by Gasteiger charge is -2.19. The Labute approximate surface area is 157 Å². The molecule has 0 radical (unpaired) electrons. The predicted octanol–water partition coefficient (Wildman–Crippen LogP) is 2.46. The molecule has 2 amide bonds. The van der Waals surface area contributed by atoms with Gasteiger partial charge in [0.25, 0.3) is 0 Å². The summed E-state index contributed by atoms with van der Waals surface area (Å²) in [6.07, 6.45) is 2.60. The third kappa shape index (κ3) is 4.82. The lowest BCUT2D eigenvalue weighted by atomic mass is 10.3. The highest BCUT2D eigenvalue weighted by molar-refractivity contribution is 7.14. The third-order valence-electron chi connectivity index (χ3n) is 4.38. The number of para-hydroxylation sites is 1. The molecule has 0 bridgehead atoms. The van der Waals surface area contributed by atoms with Crippen molar-refractivity contribution in [2.75, 3.05) is 36.5 Å². The first-order valence-electron chi connectivity index (χ1n) is 8.91. The minimum absolute atomic E-state index is 0.0306. The van der Waals surface area contributed by atoms with Gasteiger partial charge in [-0.2, -0.15) is 0 Å². The summed E-state index contributed by atoms with van der Waals surface area (Å²) in [7, 11) is 2.05. The summed E-state index contributed by atoms with van der Waals surface area (Å²) in [5, 5.41) is 5.52. The Morgan fingerprint density at radius 3 is 2.88 bits per heavy atom. The molecule has 1 fully saturated rings. The molecule has 1 aromatic heterocycles. The molecule has 2 heterocycles. The number of nitrogens with one attached hydrogen (secondary N) is 1. The molecule has 0 saturated carbocycles. The minimum atomic E-state index is -0.0306. The first-order chi connectivity index (χ1) is 12.6. The average molecular weight is 372 g/mol. The van der Waals surface area contributed by atoms with E-state index in [4.69, 9.17) is 0 Å². The van der Waals surface area contributed by atoms with E-state index in [2.05, 4.69) is 27.3 Å². The van der Waals surface area contributed by atoms with E-state index in [0.29, 0.717) is 18.1 Å². The number of anilines is 2. The van der Waals surface area contributed by atoms with Gasteiger partial charge in [0.1, 0.15) is 0 Å². The van der Waals surface area contributed by atoms with E-state index in [9.17, 15) is 9.59 Å². The van der Waals surface area contributed by atoms with Gasteiger partial charge in [-0.05, 0) is 25.0 Å². The molecule has 6 nitrogen and oxygen atoms in total. The maximum atomic E-state index is 12.1. The number of benzene rings is 1. The van der Waals surface area contributed by atoms with Crippen molar-refractivity contribution in [2.24, 2.45) is 0 Å². The van der Waals surface area contributed by atoms with Crippen LogP contribution >= 0.6 is 11.3 Å². The number of thiazole rings is 1. The number of hydrogen-bond donors (Lipinski definition) is 1. The number of amides is 2. The average Bonchev–Trinajstić information content (AvgIpc) is 3.28. The fraction of sp³-hybridized carbons (Fsp3) is 0.421. The standard InChI is InChI=1S/C19H24N4O2S/c1-22(16-7-3-2-4-8-16)11-6-10-20-17(24)13-15-14-26-19(21-15)23-12-5-9-18(23)25/h2-4,7-8,14H,5-6,9-13H2,1H3,(H,20,24). The Morgan fingerprint density at radius 2 is 2.15 bits per heavy atom. The number of rotatable bonds is 8. The zero-order valence-corrected chi connectivity index (χ0v) is 15.8. The van der Waals surface area contributed by atoms with Gasteiger partial charge in [-0.25, -0.2) is 4.98 Å². The van der Waals surface area contributed by atoms with Crippen LogP contribution in [-0.2, 0) is 16.0 Å². The Bertz CT molecular complexity index is 747. The van der Waals surface area contributed by atoms with E-state index >= 15 is 0 Å². The number of hydrogen-bond acceptors (Lipinski definition) is 5. The van der Waals surface area contributed by atoms with Crippen molar-refractivity contribution in [1.29, 1.82) is 0 Å². The van der Waals surface area contributed by atoms with Crippen LogP contribution in [-0.4, -0.2) is 43.5 Å². The van der Waals surface area contributed by atoms with E-state index in [0.717, 1.165) is 31.6 Å².